The summed E-state index contributed by atoms with van der Waals surface area (Å²) in [4.78, 5) is 6.56. The van der Waals surface area contributed by atoms with Crippen LogP contribution >= 0.6 is 7.60 Å². The molecule has 0 N–H and O–H groups in total. The van der Waals surface area contributed by atoms with Crippen LogP contribution in [-0.2, 0) is 13.6 Å². The molecular weight excluding hydrogens is 406 g/mol. The second kappa shape index (κ2) is 8.34. The van der Waals surface area contributed by atoms with Gasteiger partial charge in [0, 0.05) is 0 Å². The number of allylic oxidation sites excluding steroid dienone is 2. The topological polar surface area (TPSA) is 44.8 Å². The molecule has 0 aliphatic heterocycles. The van der Waals surface area contributed by atoms with Crippen LogP contribution in [0.1, 0.15) is 5.56 Å². The van der Waals surface area contributed by atoms with Crippen molar-refractivity contribution < 1.29 is 18.3 Å². The third-order valence-electron chi connectivity index (χ3n) is 3.20. The minimum absolute atomic E-state index is 0.822. The van der Waals surface area contributed by atoms with Crippen LogP contribution in [0.15, 0.2) is 39.7 Å². The first-order chi connectivity index (χ1) is 10.3. The van der Waals surface area contributed by atoms with Crippen molar-refractivity contribution in [2.75, 3.05) is 21.3 Å². The van der Waals surface area contributed by atoms with Crippen molar-refractivity contribution in [3.05, 3.63) is 45.3 Å². The van der Waals surface area contributed by atoms with Gasteiger partial charge < -0.3 is 0 Å². The first-order valence-corrected chi connectivity index (χ1v) is 18.5. The molecule has 4 nitrogen and oxygen atoms in total. The summed E-state index contributed by atoms with van der Waals surface area (Å²) in [5.41, 5.74) is 1.05. The van der Waals surface area contributed by atoms with Gasteiger partial charge in [0.25, 0.3) is 0 Å². The first-order valence-electron chi connectivity index (χ1n) is 7.02. The van der Waals surface area contributed by atoms with E-state index in [0.717, 1.165) is 14.6 Å². The third-order valence-corrected chi connectivity index (χ3v) is 16.6. The molecule has 0 aliphatic carbocycles. The van der Waals surface area contributed by atoms with Crippen LogP contribution in [0, 0.1) is 0 Å². The van der Waals surface area contributed by atoms with Gasteiger partial charge in [0.05, 0.1) is 0 Å². The first kappa shape index (κ1) is 19.5. The molecule has 22 heavy (non-hydrogen) atoms. The second-order valence-corrected chi connectivity index (χ2v) is 23.6. The summed E-state index contributed by atoms with van der Waals surface area (Å²) in [5, 5.41) is 0. The molecule has 0 aliphatic rings. The van der Waals surface area contributed by atoms with Gasteiger partial charge in [-0.1, -0.05) is 0 Å². The van der Waals surface area contributed by atoms with E-state index in [2.05, 4.69) is 14.8 Å². The fourth-order valence-electron chi connectivity index (χ4n) is 1.99. The second-order valence-electron chi connectivity index (χ2n) is 5.80. The average molecular weight is 431 g/mol. The van der Waals surface area contributed by atoms with Crippen molar-refractivity contribution in [3.8, 4) is 5.75 Å². The molecule has 0 atom stereocenters. The molecule has 0 saturated carbocycles. The van der Waals surface area contributed by atoms with E-state index in [1.807, 2.05) is 42.5 Å². The van der Waals surface area contributed by atoms with Gasteiger partial charge in [-0.05, 0) is 0 Å². The zero-order valence-corrected chi connectivity index (χ0v) is 17.9. The molecule has 122 valence electrons. The normalized spacial score (nSPS) is 13.6. The van der Waals surface area contributed by atoms with Crippen LogP contribution in [0.3, 0.4) is 0 Å². The molecule has 0 radical (unpaired) electrons. The maximum absolute atomic E-state index is 12.7. The molecule has 0 bridgehead atoms. The summed E-state index contributed by atoms with van der Waals surface area (Å²) >= 11 is -2.61. The van der Waals surface area contributed by atoms with Gasteiger partial charge in [-0.2, -0.15) is 0 Å². The fourth-order valence-corrected chi connectivity index (χ4v) is 13.9. The van der Waals surface area contributed by atoms with E-state index >= 15 is 0 Å². The molecule has 0 spiro atoms. The van der Waals surface area contributed by atoms with E-state index in [9.17, 15) is 4.57 Å². The van der Waals surface area contributed by atoms with Gasteiger partial charge in [0.2, 0.25) is 0 Å². The molecular formula is C16H25O4PSn. The van der Waals surface area contributed by atoms with Crippen LogP contribution in [0.4, 0.5) is 0 Å². The Morgan fingerprint density at radius 3 is 2.00 bits per heavy atom. The Labute approximate surface area is 137 Å². The molecule has 1 rings (SSSR count). The Kier molecular flexibility index (Phi) is 7.39. The van der Waals surface area contributed by atoms with Gasteiger partial charge >= 0.3 is 138 Å². The van der Waals surface area contributed by atoms with Crippen molar-refractivity contribution >= 4 is 32.0 Å². The number of hydrogen-bond donors (Lipinski definition) is 0. The maximum atomic E-state index is 12.7. The van der Waals surface area contributed by atoms with Gasteiger partial charge in [-0.25, -0.2) is 0 Å². The quantitative estimate of drug-likeness (QED) is 0.348. The Bertz CT molecular complexity index is 577. The van der Waals surface area contributed by atoms with Crippen LogP contribution < -0.4 is 4.74 Å². The van der Waals surface area contributed by atoms with Crippen molar-refractivity contribution in [1.82, 2.24) is 0 Å². The molecule has 6 heteroatoms. The van der Waals surface area contributed by atoms with E-state index < -0.39 is 26.0 Å². The molecule has 0 unspecified atom stereocenters. The number of benzene rings is 1. The number of rotatable bonds is 7. The van der Waals surface area contributed by atoms with Gasteiger partial charge in [0.1, 0.15) is 0 Å². The standard InChI is InChI=1S/C13H16O4P.3CH3.Sn/c1-15-13-9-7-12(8-10-13)6-4-5-11-18(14,16-2)17-3;;;;/h4-10H,1-3H3;3*1H3;/b6-4+,11-5?;;;;. The van der Waals surface area contributed by atoms with E-state index in [1.54, 1.807) is 7.11 Å². The van der Waals surface area contributed by atoms with Gasteiger partial charge in [-0.3, -0.25) is 0 Å². The predicted molar refractivity (Wildman–Crippen MR) is 95.1 cm³/mol. The summed E-state index contributed by atoms with van der Waals surface area (Å²) < 4.78 is 29.0. The van der Waals surface area contributed by atoms with Crippen molar-refractivity contribution in [2.24, 2.45) is 0 Å². The van der Waals surface area contributed by atoms with Gasteiger partial charge in [-0.15, -0.1) is 0 Å². The average Bonchev–Trinajstić information content (AvgIpc) is 2.50. The van der Waals surface area contributed by atoms with Crippen LogP contribution in [0.25, 0.3) is 6.08 Å². The Morgan fingerprint density at radius 2 is 1.59 bits per heavy atom. The van der Waals surface area contributed by atoms with Crippen LogP contribution in [0.2, 0.25) is 14.8 Å². The summed E-state index contributed by atoms with van der Waals surface area (Å²) in [7, 11) is 1.35. The molecule has 1 aromatic rings. The number of ether oxygens (including phenoxy) is 1. The predicted octanol–water partition coefficient (Wildman–Crippen LogP) is 4.96. The Hall–Kier alpha value is -0.551. The Morgan fingerprint density at radius 1 is 1.05 bits per heavy atom. The Balaban J connectivity index is 3.07. The monoisotopic (exact) mass is 432 g/mol. The van der Waals surface area contributed by atoms with E-state index in [1.165, 1.54) is 14.2 Å². The summed E-state index contributed by atoms with van der Waals surface area (Å²) in [6.07, 6.45) is 5.77. The van der Waals surface area contributed by atoms with Crippen molar-refractivity contribution in [1.29, 1.82) is 0 Å². The third kappa shape index (κ3) is 5.27. The molecule has 0 amide bonds. The summed E-state index contributed by atoms with van der Waals surface area (Å²) in [5.74, 6) is 0.822. The van der Waals surface area contributed by atoms with Gasteiger partial charge in [0.15, 0.2) is 0 Å². The molecule has 0 aromatic heterocycles. The SMILES string of the molecule is COc1ccc(/C=C/C=[C](/P(=O)(OC)OC)[Sn]([CH3])([CH3])[CH3])cc1. The van der Waals surface area contributed by atoms with E-state index in [4.69, 9.17) is 13.8 Å². The minimum atomic E-state index is -3.16. The number of methoxy groups -OCH3 is 1. The van der Waals surface area contributed by atoms with Crippen LogP contribution in [-0.4, -0.2) is 39.7 Å². The molecule has 0 fully saturated rings. The summed E-state index contributed by atoms with van der Waals surface area (Å²) in [6, 6.07) is 7.75. The van der Waals surface area contributed by atoms with E-state index in [0.29, 0.717) is 0 Å². The van der Waals surface area contributed by atoms with Crippen molar-refractivity contribution in [2.45, 2.75) is 14.8 Å². The zero-order chi connectivity index (χ0) is 16.8. The molecule has 0 heterocycles. The molecule has 1 aromatic carbocycles. The fraction of sp³-hybridized carbons (Fsp3) is 0.375. The zero-order valence-electron chi connectivity index (χ0n) is 14.1. The van der Waals surface area contributed by atoms with Crippen molar-refractivity contribution in [3.63, 3.8) is 0 Å². The van der Waals surface area contributed by atoms with E-state index in [-0.39, 0.29) is 0 Å². The van der Waals surface area contributed by atoms with Crippen LogP contribution in [0.5, 0.6) is 5.75 Å². The molecule has 0 saturated heterocycles. The number of hydrogen-bond acceptors (Lipinski definition) is 4. The summed E-state index contributed by atoms with van der Waals surface area (Å²) in [6.45, 7) is 0.